The van der Waals surface area contributed by atoms with Crippen molar-refractivity contribution >= 4 is 11.6 Å². The number of amides is 1. The van der Waals surface area contributed by atoms with Gasteiger partial charge in [0.05, 0.1) is 10.2 Å². The van der Waals surface area contributed by atoms with Gasteiger partial charge in [0.1, 0.15) is 11.4 Å². The quantitative estimate of drug-likeness (QED) is 0.219. The molecular formula is C24H31N3O3. The number of carbonyl (C=O) groups excluding carboxylic acids is 1. The van der Waals surface area contributed by atoms with E-state index in [1.807, 2.05) is 0 Å². The summed E-state index contributed by atoms with van der Waals surface area (Å²) in [4.78, 5) is 12.6. The predicted molar refractivity (Wildman–Crippen MR) is 123 cm³/mol. The van der Waals surface area contributed by atoms with Crippen LogP contribution < -0.4 is 16.8 Å². The summed E-state index contributed by atoms with van der Waals surface area (Å²) in [5.41, 5.74) is 12.0. The van der Waals surface area contributed by atoms with Gasteiger partial charge in [-0.05, 0) is 49.4 Å². The molecule has 1 atom stereocenters. The van der Waals surface area contributed by atoms with Crippen LogP contribution in [0, 0.1) is 0 Å². The first kappa shape index (κ1) is 18.9. The van der Waals surface area contributed by atoms with E-state index in [9.17, 15) is 15.0 Å². The van der Waals surface area contributed by atoms with Crippen molar-refractivity contribution in [3.8, 4) is 22.6 Å². The number of nitrogens with two attached hydrogens (primary N) is 2. The van der Waals surface area contributed by atoms with Crippen LogP contribution in [0.15, 0.2) is 55.6 Å². The number of benzene rings is 2. The maximum Gasteiger partial charge on any atom is 0.241 e. The monoisotopic (exact) mass is 412 g/mol. The molecule has 0 saturated carbocycles. The molecule has 2 rings (SSSR count). The van der Waals surface area contributed by atoms with Gasteiger partial charge >= 0.3 is 0 Å². The van der Waals surface area contributed by atoms with E-state index < -0.39 is 17.7 Å². The Morgan fingerprint density at radius 3 is 2.63 bits per heavy atom. The smallest absolute Gasteiger partial charge is 0.241 e. The Hall–Kier alpha value is -3.09. The first-order chi connectivity index (χ1) is 15.7. The van der Waals surface area contributed by atoms with Crippen LogP contribution in [-0.2, 0) is 17.6 Å². The van der Waals surface area contributed by atoms with Crippen molar-refractivity contribution in [1.82, 2.24) is 0 Å². The van der Waals surface area contributed by atoms with Crippen LogP contribution >= 0.6 is 0 Å². The SMILES string of the molecule is [2H]c1cc(CC=C)c([2H])c(-c2cc(CC=C)c(O)c(NC(=O)C(N)CCCCN)c2O)c1[2H]. The van der Waals surface area contributed by atoms with E-state index in [-0.39, 0.29) is 47.1 Å². The molecule has 2 aromatic rings. The summed E-state index contributed by atoms with van der Waals surface area (Å²) in [6.07, 6.45) is 5.36. The minimum atomic E-state index is -0.879. The topological polar surface area (TPSA) is 122 Å². The van der Waals surface area contributed by atoms with Gasteiger partial charge in [-0.1, -0.05) is 42.8 Å². The molecule has 7 N–H and O–H groups in total. The predicted octanol–water partition coefficient (Wildman–Crippen LogP) is 3.62. The van der Waals surface area contributed by atoms with Gasteiger partial charge < -0.3 is 27.0 Å². The highest BCUT2D eigenvalue weighted by molar-refractivity contribution is 5.99. The average Bonchev–Trinajstić information content (AvgIpc) is 2.78. The zero-order valence-corrected chi connectivity index (χ0v) is 17.0. The number of nitrogens with one attached hydrogen (secondary N) is 1. The molecule has 0 saturated heterocycles. The van der Waals surface area contributed by atoms with Gasteiger partial charge in [0.2, 0.25) is 5.91 Å². The number of anilines is 1. The van der Waals surface area contributed by atoms with E-state index in [1.54, 1.807) is 6.08 Å². The normalized spacial score (nSPS) is 13.1. The fourth-order valence-electron chi connectivity index (χ4n) is 3.02. The first-order valence-corrected chi connectivity index (χ1v) is 9.83. The summed E-state index contributed by atoms with van der Waals surface area (Å²) in [5, 5.41) is 24.2. The molecule has 160 valence electrons. The Balaban J connectivity index is 2.65. The summed E-state index contributed by atoms with van der Waals surface area (Å²) in [7, 11) is 0. The minimum Gasteiger partial charge on any atom is -0.505 e. The zero-order valence-electron chi connectivity index (χ0n) is 20.0. The molecular weight excluding hydrogens is 378 g/mol. The molecule has 0 aliphatic rings. The van der Waals surface area contributed by atoms with Crippen LogP contribution in [0.4, 0.5) is 5.69 Å². The molecule has 0 fully saturated rings. The summed E-state index contributed by atoms with van der Waals surface area (Å²) in [6, 6.07) is 1.55. The standard InChI is InChI=1S/C24H31N3O3/c1-3-8-16-10-7-11-17(14-16)19-15-18(9-4-2)22(28)21(23(19)29)27-24(30)20(26)12-5-6-13-25/h3-4,7,10-11,14-15,20,28-29H,1-2,5-6,8-9,12-13,25-26H2,(H,27,30)/i7D,11D,14D. The van der Waals surface area contributed by atoms with Crippen molar-refractivity contribution in [1.29, 1.82) is 0 Å². The van der Waals surface area contributed by atoms with E-state index in [2.05, 4.69) is 18.5 Å². The van der Waals surface area contributed by atoms with Gasteiger partial charge in [0.15, 0.2) is 5.75 Å². The van der Waals surface area contributed by atoms with Crippen molar-refractivity contribution in [3.63, 3.8) is 0 Å². The van der Waals surface area contributed by atoms with Gasteiger partial charge in [0.25, 0.3) is 0 Å². The van der Waals surface area contributed by atoms with Crippen LogP contribution in [0.25, 0.3) is 11.1 Å². The highest BCUT2D eigenvalue weighted by atomic mass is 16.3. The summed E-state index contributed by atoms with van der Waals surface area (Å²) in [6.45, 7) is 7.80. The second-order valence-corrected chi connectivity index (χ2v) is 6.96. The first-order valence-electron chi connectivity index (χ1n) is 11.3. The summed E-state index contributed by atoms with van der Waals surface area (Å²) in [5.74, 6) is -1.47. The van der Waals surface area contributed by atoms with Crippen LogP contribution in [0.5, 0.6) is 11.5 Å². The molecule has 0 aliphatic carbocycles. The number of unbranched alkanes of at least 4 members (excludes halogenated alkanes) is 1. The summed E-state index contributed by atoms with van der Waals surface area (Å²) < 4.78 is 25.0. The minimum absolute atomic E-state index is 0.0184. The van der Waals surface area contributed by atoms with Crippen LogP contribution in [-0.4, -0.2) is 28.7 Å². The molecule has 1 amide bonds. The van der Waals surface area contributed by atoms with Crippen molar-refractivity contribution in [2.24, 2.45) is 11.5 Å². The third-order valence-corrected chi connectivity index (χ3v) is 4.63. The molecule has 0 aliphatic heterocycles. The maximum atomic E-state index is 12.6. The largest absolute Gasteiger partial charge is 0.505 e. The lowest BCUT2D eigenvalue weighted by Gasteiger charge is -2.18. The average molecular weight is 413 g/mol. The number of phenols is 2. The van der Waals surface area contributed by atoms with E-state index in [1.165, 1.54) is 18.2 Å². The fraction of sp³-hybridized carbons (Fsp3) is 0.292. The number of rotatable bonds is 11. The second-order valence-electron chi connectivity index (χ2n) is 6.96. The van der Waals surface area contributed by atoms with Crippen LogP contribution in [0.1, 0.15) is 34.5 Å². The van der Waals surface area contributed by atoms with Gasteiger partial charge in [-0.2, -0.15) is 0 Å². The number of hydrogen-bond donors (Lipinski definition) is 5. The maximum absolute atomic E-state index is 12.6. The molecule has 6 nitrogen and oxygen atoms in total. The van der Waals surface area contributed by atoms with Crippen molar-refractivity contribution in [2.75, 3.05) is 11.9 Å². The Morgan fingerprint density at radius 1 is 1.23 bits per heavy atom. The van der Waals surface area contributed by atoms with E-state index in [0.717, 1.165) is 0 Å². The molecule has 2 aromatic carbocycles. The van der Waals surface area contributed by atoms with E-state index in [0.29, 0.717) is 43.4 Å². The molecule has 0 bridgehead atoms. The van der Waals surface area contributed by atoms with Crippen molar-refractivity contribution in [2.45, 2.75) is 38.1 Å². The molecule has 0 radical (unpaired) electrons. The van der Waals surface area contributed by atoms with Crippen LogP contribution in [0.3, 0.4) is 0 Å². The van der Waals surface area contributed by atoms with Gasteiger partial charge in [-0.15, -0.1) is 13.2 Å². The lowest BCUT2D eigenvalue weighted by molar-refractivity contribution is -0.117. The number of phenolic OH excluding ortho intramolecular Hbond substituents is 2. The number of carbonyl (C=O) groups is 1. The van der Waals surface area contributed by atoms with E-state index >= 15 is 0 Å². The Morgan fingerprint density at radius 2 is 1.97 bits per heavy atom. The molecule has 30 heavy (non-hydrogen) atoms. The molecule has 0 spiro atoms. The highest BCUT2D eigenvalue weighted by Gasteiger charge is 2.22. The van der Waals surface area contributed by atoms with Crippen molar-refractivity contribution in [3.05, 3.63) is 66.7 Å². The van der Waals surface area contributed by atoms with Gasteiger partial charge in [0, 0.05) is 11.1 Å². The Labute approximate surface area is 182 Å². The molecule has 0 heterocycles. The molecule has 0 aromatic heterocycles. The number of hydrogen-bond acceptors (Lipinski definition) is 5. The van der Waals surface area contributed by atoms with E-state index in [4.69, 9.17) is 15.6 Å². The lowest BCUT2D eigenvalue weighted by atomic mass is 9.96. The Bertz CT molecular complexity index is 1060. The van der Waals surface area contributed by atoms with Crippen LogP contribution in [0.2, 0.25) is 0 Å². The molecule has 6 heteroatoms. The molecule has 1 unspecified atom stereocenters. The Kier molecular flexibility index (Phi) is 7.05. The zero-order chi connectivity index (χ0) is 24.7. The van der Waals surface area contributed by atoms with Gasteiger partial charge in [-0.3, -0.25) is 4.79 Å². The lowest BCUT2D eigenvalue weighted by Crippen LogP contribution is -2.35. The third-order valence-electron chi connectivity index (χ3n) is 4.63. The van der Waals surface area contributed by atoms with Gasteiger partial charge in [-0.25, -0.2) is 0 Å². The fourth-order valence-corrected chi connectivity index (χ4v) is 3.02. The summed E-state index contributed by atoms with van der Waals surface area (Å²) >= 11 is 0. The number of aromatic hydroxyl groups is 2. The number of allylic oxidation sites excluding steroid dienone is 2. The third kappa shape index (κ3) is 5.72. The van der Waals surface area contributed by atoms with Crippen molar-refractivity contribution < 1.29 is 19.1 Å². The second kappa shape index (κ2) is 11.2. The highest BCUT2D eigenvalue weighted by Crippen LogP contribution is 2.44.